The molecule has 0 saturated carbocycles. The quantitative estimate of drug-likeness (QED) is 0.692. The highest BCUT2D eigenvalue weighted by Crippen LogP contribution is 2.07. The van der Waals surface area contributed by atoms with Crippen LogP contribution in [0.1, 0.15) is 17.7 Å². The standard InChI is InChI=1S/C9H13NO2/c1-7-5-6-10-8(7)3-4-9(11)12-2/h5-6,10H,3-4H2,1-2H3. The molecule has 0 aliphatic rings. The predicted molar refractivity (Wildman–Crippen MR) is 45.9 cm³/mol. The molecule has 0 spiro atoms. The molecule has 0 aliphatic heterocycles. The van der Waals surface area contributed by atoms with Gasteiger partial charge in [-0.15, -0.1) is 0 Å². The van der Waals surface area contributed by atoms with E-state index in [9.17, 15) is 4.79 Å². The normalized spacial score (nSPS) is 9.83. The molecule has 0 atom stereocenters. The second-order valence-electron chi connectivity index (χ2n) is 2.72. The summed E-state index contributed by atoms with van der Waals surface area (Å²) in [6.45, 7) is 2.02. The monoisotopic (exact) mass is 167 g/mol. The van der Waals surface area contributed by atoms with Crippen LogP contribution in [0.4, 0.5) is 0 Å². The number of hydrogen-bond donors (Lipinski definition) is 1. The van der Waals surface area contributed by atoms with Gasteiger partial charge in [-0.2, -0.15) is 0 Å². The fraction of sp³-hybridized carbons (Fsp3) is 0.444. The van der Waals surface area contributed by atoms with Gasteiger partial charge in [-0.25, -0.2) is 0 Å². The number of rotatable bonds is 3. The van der Waals surface area contributed by atoms with Gasteiger partial charge >= 0.3 is 5.97 Å². The number of esters is 1. The van der Waals surface area contributed by atoms with Crippen molar-refractivity contribution in [1.82, 2.24) is 4.98 Å². The molecule has 66 valence electrons. The smallest absolute Gasteiger partial charge is 0.305 e. The third kappa shape index (κ3) is 2.12. The first-order valence-electron chi connectivity index (χ1n) is 3.93. The summed E-state index contributed by atoms with van der Waals surface area (Å²) in [6, 6.07) is 1.99. The number of carbonyl (C=O) groups is 1. The minimum Gasteiger partial charge on any atom is -0.469 e. The molecule has 0 fully saturated rings. The molecule has 0 aromatic carbocycles. The molecule has 1 N–H and O–H groups in total. The molecule has 0 unspecified atom stereocenters. The number of hydrogen-bond acceptors (Lipinski definition) is 2. The van der Waals surface area contributed by atoms with E-state index in [-0.39, 0.29) is 5.97 Å². The van der Waals surface area contributed by atoms with Crippen molar-refractivity contribution < 1.29 is 9.53 Å². The molecule has 3 nitrogen and oxygen atoms in total. The van der Waals surface area contributed by atoms with E-state index in [0.29, 0.717) is 6.42 Å². The van der Waals surface area contributed by atoms with E-state index < -0.39 is 0 Å². The van der Waals surface area contributed by atoms with Gasteiger partial charge in [-0.05, 0) is 25.0 Å². The Kier molecular flexibility index (Phi) is 2.91. The summed E-state index contributed by atoms with van der Waals surface area (Å²) in [5.74, 6) is -0.163. The van der Waals surface area contributed by atoms with Crippen LogP contribution < -0.4 is 0 Å². The highest BCUT2D eigenvalue weighted by atomic mass is 16.5. The van der Waals surface area contributed by atoms with Gasteiger partial charge in [-0.3, -0.25) is 4.79 Å². The topological polar surface area (TPSA) is 42.1 Å². The molecular weight excluding hydrogens is 154 g/mol. The molecule has 1 aromatic heterocycles. The number of nitrogens with one attached hydrogen (secondary N) is 1. The first kappa shape index (κ1) is 8.84. The van der Waals surface area contributed by atoms with E-state index >= 15 is 0 Å². The van der Waals surface area contributed by atoms with Crippen molar-refractivity contribution >= 4 is 5.97 Å². The van der Waals surface area contributed by atoms with Gasteiger partial charge in [0.2, 0.25) is 0 Å². The first-order chi connectivity index (χ1) is 5.74. The Labute approximate surface area is 71.7 Å². The van der Waals surface area contributed by atoms with E-state index in [0.717, 1.165) is 12.1 Å². The molecule has 3 heteroatoms. The summed E-state index contributed by atoms with van der Waals surface area (Å²) in [5, 5.41) is 0. The van der Waals surface area contributed by atoms with Crippen molar-refractivity contribution in [2.75, 3.05) is 7.11 Å². The predicted octanol–water partition coefficient (Wildman–Crippen LogP) is 1.43. The van der Waals surface area contributed by atoms with E-state index in [1.165, 1.54) is 12.7 Å². The molecule has 12 heavy (non-hydrogen) atoms. The van der Waals surface area contributed by atoms with Crippen molar-refractivity contribution in [3.8, 4) is 0 Å². The van der Waals surface area contributed by atoms with Crippen molar-refractivity contribution in [2.45, 2.75) is 19.8 Å². The maximum atomic E-state index is 10.8. The Morgan fingerprint density at radius 1 is 1.67 bits per heavy atom. The Hall–Kier alpha value is -1.25. The number of aryl methyl sites for hydroxylation is 2. The Morgan fingerprint density at radius 3 is 2.92 bits per heavy atom. The average Bonchev–Trinajstić information content (AvgIpc) is 2.47. The number of ether oxygens (including phenoxy) is 1. The summed E-state index contributed by atoms with van der Waals surface area (Å²) >= 11 is 0. The molecular formula is C9H13NO2. The van der Waals surface area contributed by atoms with Crippen LogP contribution in [0.15, 0.2) is 12.3 Å². The maximum Gasteiger partial charge on any atom is 0.305 e. The second kappa shape index (κ2) is 3.95. The number of H-pyrrole nitrogens is 1. The lowest BCUT2D eigenvalue weighted by Gasteiger charge is -1.98. The van der Waals surface area contributed by atoms with E-state index in [2.05, 4.69) is 9.72 Å². The first-order valence-corrected chi connectivity index (χ1v) is 3.93. The number of aromatic nitrogens is 1. The molecule has 0 amide bonds. The molecule has 1 heterocycles. The number of methoxy groups -OCH3 is 1. The van der Waals surface area contributed by atoms with E-state index in [1.807, 2.05) is 19.2 Å². The highest BCUT2D eigenvalue weighted by Gasteiger charge is 2.03. The van der Waals surface area contributed by atoms with Crippen LogP contribution in [0.5, 0.6) is 0 Å². The molecule has 1 rings (SSSR count). The zero-order valence-corrected chi connectivity index (χ0v) is 7.39. The SMILES string of the molecule is COC(=O)CCc1[nH]ccc1C. The summed E-state index contributed by atoms with van der Waals surface area (Å²) in [6.07, 6.45) is 3.05. The van der Waals surface area contributed by atoms with Gasteiger partial charge in [-0.1, -0.05) is 0 Å². The number of carbonyl (C=O) groups excluding carboxylic acids is 1. The molecule has 1 aromatic rings. The van der Waals surface area contributed by atoms with Crippen LogP contribution in [0.3, 0.4) is 0 Å². The van der Waals surface area contributed by atoms with Crippen molar-refractivity contribution in [1.29, 1.82) is 0 Å². The largest absolute Gasteiger partial charge is 0.469 e. The van der Waals surface area contributed by atoms with Crippen molar-refractivity contribution in [3.63, 3.8) is 0 Å². The third-order valence-electron chi connectivity index (χ3n) is 1.87. The van der Waals surface area contributed by atoms with Gasteiger partial charge < -0.3 is 9.72 Å². The van der Waals surface area contributed by atoms with Crippen LogP contribution in [-0.2, 0) is 16.0 Å². The lowest BCUT2D eigenvalue weighted by molar-refractivity contribution is -0.140. The number of aromatic amines is 1. The van der Waals surface area contributed by atoms with Gasteiger partial charge in [0.1, 0.15) is 0 Å². The van der Waals surface area contributed by atoms with Gasteiger partial charge in [0.25, 0.3) is 0 Å². The molecule has 0 aliphatic carbocycles. The van der Waals surface area contributed by atoms with E-state index in [4.69, 9.17) is 0 Å². The van der Waals surface area contributed by atoms with Crippen molar-refractivity contribution in [3.05, 3.63) is 23.5 Å². The Morgan fingerprint density at radius 2 is 2.42 bits per heavy atom. The van der Waals surface area contributed by atoms with Gasteiger partial charge in [0, 0.05) is 11.9 Å². The van der Waals surface area contributed by atoms with Crippen LogP contribution >= 0.6 is 0 Å². The maximum absolute atomic E-state index is 10.8. The van der Waals surface area contributed by atoms with Crippen LogP contribution in [0.25, 0.3) is 0 Å². The van der Waals surface area contributed by atoms with Crippen LogP contribution in [-0.4, -0.2) is 18.1 Å². The fourth-order valence-electron chi connectivity index (χ4n) is 1.08. The zero-order chi connectivity index (χ0) is 8.97. The molecule has 0 radical (unpaired) electrons. The summed E-state index contributed by atoms with van der Waals surface area (Å²) in [4.78, 5) is 13.9. The van der Waals surface area contributed by atoms with Crippen LogP contribution in [0, 0.1) is 6.92 Å². The molecule has 0 saturated heterocycles. The molecule has 0 bridgehead atoms. The summed E-state index contributed by atoms with van der Waals surface area (Å²) < 4.78 is 4.54. The van der Waals surface area contributed by atoms with Crippen LogP contribution in [0.2, 0.25) is 0 Å². The fourth-order valence-corrected chi connectivity index (χ4v) is 1.08. The zero-order valence-electron chi connectivity index (χ0n) is 7.39. The second-order valence-corrected chi connectivity index (χ2v) is 2.72. The lowest BCUT2D eigenvalue weighted by Crippen LogP contribution is -2.02. The highest BCUT2D eigenvalue weighted by molar-refractivity contribution is 5.69. The summed E-state index contributed by atoms with van der Waals surface area (Å²) in [5.41, 5.74) is 2.30. The van der Waals surface area contributed by atoms with Gasteiger partial charge in [0.05, 0.1) is 13.5 Å². The third-order valence-corrected chi connectivity index (χ3v) is 1.87. The average molecular weight is 167 g/mol. The summed E-state index contributed by atoms with van der Waals surface area (Å²) in [7, 11) is 1.41. The van der Waals surface area contributed by atoms with Crippen molar-refractivity contribution in [2.24, 2.45) is 0 Å². The minimum atomic E-state index is -0.163. The Balaban J connectivity index is 2.43. The van der Waals surface area contributed by atoms with Gasteiger partial charge in [0.15, 0.2) is 0 Å². The van der Waals surface area contributed by atoms with E-state index in [1.54, 1.807) is 0 Å². The lowest BCUT2D eigenvalue weighted by atomic mass is 10.2. The minimum absolute atomic E-state index is 0.163. The Bertz CT molecular complexity index is 265.